The minimum absolute atomic E-state index is 0.988. The van der Waals surface area contributed by atoms with Crippen molar-refractivity contribution in [1.82, 2.24) is 4.90 Å². The van der Waals surface area contributed by atoms with Gasteiger partial charge in [-0.15, -0.1) is 0 Å². The van der Waals surface area contributed by atoms with Gasteiger partial charge in [0.25, 0.3) is 0 Å². The van der Waals surface area contributed by atoms with Gasteiger partial charge >= 0.3 is 0 Å². The molecule has 0 saturated carbocycles. The number of hydrogen-bond donors (Lipinski definition) is 1. The zero-order chi connectivity index (χ0) is 14.7. The molecule has 0 aromatic heterocycles. The van der Waals surface area contributed by atoms with E-state index >= 15 is 0 Å². The van der Waals surface area contributed by atoms with Crippen molar-refractivity contribution in [2.75, 3.05) is 33.2 Å². The van der Waals surface area contributed by atoms with Gasteiger partial charge in [-0.05, 0) is 11.1 Å². The van der Waals surface area contributed by atoms with Gasteiger partial charge in [-0.3, -0.25) is 0 Å². The molecule has 1 heterocycles. The summed E-state index contributed by atoms with van der Waals surface area (Å²) < 4.78 is 0. The lowest BCUT2D eigenvalue weighted by Gasteiger charge is -2.32. The Labute approximate surface area is 132 Å². The summed E-state index contributed by atoms with van der Waals surface area (Å²) in [5.41, 5.74) is 3.65. The monoisotopic (exact) mass is 297 g/mol. The van der Waals surface area contributed by atoms with Gasteiger partial charge < -0.3 is 9.80 Å². The van der Waals surface area contributed by atoms with E-state index < -0.39 is 0 Å². The van der Waals surface area contributed by atoms with Crippen molar-refractivity contribution in [2.24, 2.45) is 0 Å². The van der Waals surface area contributed by atoms with E-state index in [4.69, 9.17) is 12.2 Å². The molecule has 1 aliphatic rings. The lowest BCUT2D eigenvalue weighted by molar-refractivity contribution is -0.883. The van der Waals surface area contributed by atoms with E-state index in [0.717, 1.165) is 23.6 Å². The van der Waals surface area contributed by atoms with E-state index in [2.05, 4.69) is 60.5 Å². The van der Waals surface area contributed by atoms with Gasteiger partial charge in [0.2, 0.25) is 0 Å². The standard InChI is InChI=1S/C18H20N2S/c1-19-11-13-20(14-12-19)18(21)17-9-7-16(8-10-17)15-5-3-2-4-6-15/h2-10H,11-14H2,1H3/p+1. The summed E-state index contributed by atoms with van der Waals surface area (Å²) >= 11 is 5.66. The molecule has 0 amide bonds. The average molecular weight is 297 g/mol. The van der Waals surface area contributed by atoms with Crippen molar-refractivity contribution < 1.29 is 4.90 Å². The third-order valence-corrected chi connectivity index (χ3v) is 4.64. The van der Waals surface area contributed by atoms with Crippen LogP contribution < -0.4 is 4.90 Å². The Morgan fingerprint density at radius 2 is 1.48 bits per heavy atom. The fourth-order valence-electron chi connectivity index (χ4n) is 2.71. The number of nitrogens with zero attached hydrogens (tertiary/aromatic N) is 1. The Bertz CT molecular complexity index is 599. The number of piperazine rings is 1. The molecule has 0 spiro atoms. The van der Waals surface area contributed by atoms with E-state index in [0.29, 0.717) is 0 Å². The first kappa shape index (κ1) is 14.2. The first-order chi connectivity index (χ1) is 10.2. The highest BCUT2D eigenvalue weighted by Gasteiger charge is 2.19. The van der Waals surface area contributed by atoms with Crippen LogP contribution in [0.2, 0.25) is 0 Å². The van der Waals surface area contributed by atoms with Crippen LogP contribution in [0.3, 0.4) is 0 Å². The van der Waals surface area contributed by atoms with Gasteiger partial charge in [-0.2, -0.15) is 0 Å². The van der Waals surface area contributed by atoms with Crippen LogP contribution in [0, 0.1) is 0 Å². The predicted octanol–water partition coefficient (Wildman–Crippen LogP) is 1.86. The highest BCUT2D eigenvalue weighted by Crippen LogP contribution is 2.20. The SMILES string of the molecule is C[NH+]1CCN(C(=S)c2ccc(-c3ccccc3)cc2)CC1. The van der Waals surface area contributed by atoms with Gasteiger partial charge in [0.05, 0.1) is 33.2 Å². The van der Waals surface area contributed by atoms with Crippen LogP contribution in [-0.2, 0) is 0 Å². The first-order valence-corrected chi connectivity index (χ1v) is 7.91. The van der Waals surface area contributed by atoms with Gasteiger partial charge in [0.15, 0.2) is 0 Å². The molecule has 2 aromatic rings. The highest BCUT2D eigenvalue weighted by molar-refractivity contribution is 7.80. The number of hydrogen-bond acceptors (Lipinski definition) is 1. The Morgan fingerprint density at radius 1 is 0.905 bits per heavy atom. The lowest BCUT2D eigenvalue weighted by Crippen LogP contribution is -3.12. The largest absolute Gasteiger partial charge is 0.351 e. The second-order valence-electron chi connectivity index (χ2n) is 5.69. The number of likely N-dealkylation sites (N-methyl/N-ethyl adjacent to an activating group) is 1. The molecule has 1 fully saturated rings. The number of benzene rings is 2. The molecule has 1 aliphatic heterocycles. The quantitative estimate of drug-likeness (QED) is 0.846. The molecule has 0 atom stereocenters. The van der Waals surface area contributed by atoms with Crippen LogP contribution in [0.4, 0.5) is 0 Å². The van der Waals surface area contributed by atoms with Crippen LogP contribution in [0.5, 0.6) is 0 Å². The normalized spacial score (nSPS) is 16.0. The smallest absolute Gasteiger partial charge is 0.109 e. The highest BCUT2D eigenvalue weighted by atomic mass is 32.1. The maximum atomic E-state index is 5.66. The number of nitrogens with one attached hydrogen (secondary N) is 1. The molecule has 2 aromatic carbocycles. The average Bonchev–Trinajstić information content (AvgIpc) is 2.56. The molecule has 0 unspecified atom stereocenters. The van der Waals surface area contributed by atoms with Crippen molar-refractivity contribution in [1.29, 1.82) is 0 Å². The molecule has 2 nitrogen and oxygen atoms in total. The van der Waals surface area contributed by atoms with E-state index in [1.807, 2.05) is 6.07 Å². The summed E-state index contributed by atoms with van der Waals surface area (Å²) in [5, 5.41) is 0. The number of rotatable bonds is 2. The van der Waals surface area contributed by atoms with Gasteiger partial charge in [-0.1, -0.05) is 66.8 Å². The Hall–Kier alpha value is -1.71. The van der Waals surface area contributed by atoms with E-state index in [-0.39, 0.29) is 0 Å². The molecular weight excluding hydrogens is 276 g/mol. The summed E-state index contributed by atoms with van der Waals surface area (Å²) in [4.78, 5) is 4.91. The molecular formula is C18H21N2S+. The molecule has 0 bridgehead atoms. The van der Waals surface area contributed by atoms with Crippen LogP contribution >= 0.6 is 12.2 Å². The zero-order valence-corrected chi connectivity index (χ0v) is 13.2. The van der Waals surface area contributed by atoms with Crippen molar-refractivity contribution in [3.63, 3.8) is 0 Å². The molecule has 21 heavy (non-hydrogen) atoms. The van der Waals surface area contributed by atoms with Crippen molar-refractivity contribution in [3.8, 4) is 11.1 Å². The maximum Gasteiger partial charge on any atom is 0.109 e. The van der Waals surface area contributed by atoms with Crippen molar-refractivity contribution >= 4 is 17.2 Å². The van der Waals surface area contributed by atoms with Gasteiger partial charge in [-0.25, -0.2) is 0 Å². The third-order valence-electron chi connectivity index (χ3n) is 4.14. The molecule has 108 valence electrons. The van der Waals surface area contributed by atoms with E-state index in [1.165, 1.54) is 24.2 Å². The fourth-order valence-corrected chi connectivity index (χ4v) is 3.03. The Morgan fingerprint density at radius 3 is 2.10 bits per heavy atom. The minimum atomic E-state index is 0.988. The summed E-state index contributed by atoms with van der Waals surface area (Å²) in [6.45, 7) is 4.46. The van der Waals surface area contributed by atoms with Crippen LogP contribution in [-0.4, -0.2) is 43.1 Å². The summed E-state index contributed by atoms with van der Waals surface area (Å²) in [5.74, 6) is 0. The number of thiocarbonyl (C=S) groups is 1. The third kappa shape index (κ3) is 3.31. The summed E-state index contributed by atoms with van der Waals surface area (Å²) in [7, 11) is 2.25. The van der Waals surface area contributed by atoms with Crippen LogP contribution in [0.25, 0.3) is 11.1 Å². The van der Waals surface area contributed by atoms with Gasteiger partial charge in [0, 0.05) is 5.56 Å². The van der Waals surface area contributed by atoms with Crippen LogP contribution in [0.15, 0.2) is 54.6 Å². The van der Waals surface area contributed by atoms with E-state index in [9.17, 15) is 0 Å². The second kappa shape index (κ2) is 6.37. The van der Waals surface area contributed by atoms with Crippen molar-refractivity contribution in [3.05, 3.63) is 60.2 Å². The zero-order valence-electron chi connectivity index (χ0n) is 12.4. The molecule has 1 N–H and O–H groups in total. The molecule has 0 aliphatic carbocycles. The number of quaternary nitrogens is 1. The molecule has 0 radical (unpaired) electrons. The predicted molar refractivity (Wildman–Crippen MR) is 91.8 cm³/mol. The molecule has 1 saturated heterocycles. The molecule has 3 rings (SSSR count). The second-order valence-corrected chi connectivity index (χ2v) is 6.08. The van der Waals surface area contributed by atoms with Gasteiger partial charge in [0.1, 0.15) is 4.99 Å². The molecule has 3 heteroatoms. The minimum Gasteiger partial charge on any atom is -0.351 e. The summed E-state index contributed by atoms with van der Waals surface area (Å²) in [6, 6.07) is 19.1. The Kier molecular flexibility index (Phi) is 4.32. The Balaban J connectivity index is 1.73. The van der Waals surface area contributed by atoms with Crippen molar-refractivity contribution in [2.45, 2.75) is 0 Å². The van der Waals surface area contributed by atoms with E-state index in [1.54, 1.807) is 4.90 Å². The van der Waals surface area contributed by atoms with Crippen LogP contribution in [0.1, 0.15) is 5.56 Å². The maximum absolute atomic E-state index is 5.66. The summed E-state index contributed by atoms with van der Waals surface area (Å²) in [6.07, 6.45) is 0. The topological polar surface area (TPSA) is 7.68 Å². The fraction of sp³-hybridized carbons (Fsp3) is 0.278. The lowest BCUT2D eigenvalue weighted by atomic mass is 10.0. The first-order valence-electron chi connectivity index (χ1n) is 7.50.